The smallest absolute Gasteiger partial charge is 0.254 e. The molecule has 1 atom stereocenters. The Hall–Kier alpha value is -1.38. The quantitative estimate of drug-likeness (QED) is 0.393. The monoisotopic (exact) mass is 382 g/mol. The van der Waals surface area contributed by atoms with Gasteiger partial charge in [-0.1, -0.05) is 25.1 Å². The average Bonchev–Trinajstić information content (AvgIpc) is 2.63. The highest BCUT2D eigenvalue weighted by molar-refractivity contribution is 8.00. The van der Waals surface area contributed by atoms with Gasteiger partial charge in [0.25, 0.3) is 5.56 Å². The molecule has 1 unspecified atom stereocenters. The van der Waals surface area contributed by atoms with Crippen LogP contribution in [0.3, 0.4) is 0 Å². The molecule has 1 fully saturated rings. The minimum atomic E-state index is -0.233. The summed E-state index contributed by atoms with van der Waals surface area (Å²) in [5, 5.41) is 3.40. The van der Waals surface area contributed by atoms with Crippen molar-refractivity contribution in [3.8, 4) is 0 Å². The number of carbonyl (C=O) groups excluding carboxylic acids is 1. The van der Waals surface area contributed by atoms with Crippen LogP contribution in [0.1, 0.15) is 31.9 Å². The summed E-state index contributed by atoms with van der Waals surface area (Å²) in [4.78, 5) is 31.3. The van der Waals surface area contributed by atoms with Crippen molar-refractivity contribution in [2.45, 2.75) is 43.5 Å². The van der Waals surface area contributed by atoms with Gasteiger partial charge in [0.05, 0.1) is 18.5 Å². The molecular weight excluding hydrogens is 352 g/mol. The Morgan fingerprint density at radius 3 is 2.85 bits per heavy atom. The van der Waals surface area contributed by atoms with Crippen LogP contribution >= 0.6 is 11.8 Å². The number of aromatic nitrogens is 2. The lowest BCUT2D eigenvalue weighted by Gasteiger charge is -2.26. The molecular formula is C18H30N4O3S. The van der Waals surface area contributed by atoms with Crippen LogP contribution in [0.2, 0.25) is 0 Å². The predicted octanol–water partition coefficient (Wildman–Crippen LogP) is 1.19. The lowest BCUT2D eigenvalue weighted by atomic mass is 10.2. The molecule has 1 aromatic heterocycles. The Labute approximate surface area is 159 Å². The number of rotatable bonds is 9. The largest absolute Gasteiger partial charge is 0.379 e. The molecule has 1 N–H and O–H groups in total. The third-order valence-electron chi connectivity index (χ3n) is 4.37. The maximum atomic E-state index is 12.6. The van der Waals surface area contributed by atoms with Crippen LogP contribution in [0.5, 0.6) is 0 Å². The SMILES string of the molecule is CCCC(Sc1nc(C)cc(=O)n1C)C(=O)NCCCN1CCOCC1. The average molecular weight is 383 g/mol. The van der Waals surface area contributed by atoms with E-state index in [0.717, 1.165) is 52.1 Å². The Morgan fingerprint density at radius 1 is 1.42 bits per heavy atom. The summed E-state index contributed by atoms with van der Waals surface area (Å²) < 4.78 is 6.85. The molecule has 2 heterocycles. The summed E-state index contributed by atoms with van der Waals surface area (Å²) in [6, 6.07) is 1.50. The van der Waals surface area contributed by atoms with Crippen LogP contribution in [0.15, 0.2) is 16.0 Å². The topological polar surface area (TPSA) is 76.5 Å². The lowest BCUT2D eigenvalue weighted by molar-refractivity contribution is -0.120. The second-order valence-corrected chi connectivity index (χ2v) is 7.74. The van der Waals surface area contributed by atoms with Crippen molar-refractivity contribution in [3.63, 3.8) is 0 Å². The zero-order valence-electron chi connectivity index (χ0n) is 16.0. The van der Waals surface area contributed by atoms with Crippen LogP contribution < -0.4 is 10.9 Å². The van der Waals surface area contributed by atoms with Gasteiger partial charge in [-0.25, -0.2) is 4.98 Å². The van der Waals surface area contributed by atoms with Crippen molar-refractivity contribution >= 4 is 17.7 Å². The maximum Gasteiger partial charge on any atom is 0.254 e. The highest BCUT2D eigenvalue weighted by Gasteiger charge is 2.21. The minimum Gasteiger partial charge on any atom is -0.379 e. The molecule has 2 rings (SSSR count). The number of nitrogens with one attached hydrogen (secondary N) is 1. The second-order valence-electron chi connectivity index (χ2n) is 6.57. The van der Waals surface area contributed by atoms with Gasteiger partial charge >= 0.3 is 0 Å². The summed E-state index contributed by atoms with van der Waals surface area (Å²) in [5.41, 5.74) is 0.581. The molecule has 1 aliphatic heterocycles. The number of thioether (sulfide) groups is 1. The fourth-order valence-corrected chi connectivity index (χ4v) is 4.06. The normalized spacial score (nSPS) is 16.4. The molecule has 26 heavy (non-hydrogen) atoms. The molecule has 0 spiro atoms. The number of morpholine rings is 1. The number of hydrogen-bond donors (Lipinski definition) is 1. The van der Waals surface area contributed by atoms with Gasteiger partial charge in [-0.15, -0.1) is 0 Å². The third-order valence-corrected chi connectivity index (χ3v) is 5.68. The molecule has 8 heteroatoms. The summed E-state index contributed by atoms with van der Waals surface area (Å²) in [5.74, 6) is 0.0228. The molecule has 1 aromatic rings. The van der Waals surface area contributed by atoms with E-state index in [1.54, 1.807) is 14.0 Å². The summed E-state index contributed by atoms with van der Waals surface area (Å²) in [6.07, 6.45) is 2.58. The third kappa shape index (κ3) is 6.41. The molecule has 1 saturated heterocycles. The van der Waals surface area contributed by atoms with Gasteiger partial charge in [-0.3, -0.25) is 19.1 Å². The number of nitrogens with zero attached hydrogens (tertiary/aromatic N) is 3. The molecule has 7 nitrogen and oxygen atoms in total. The first kappa shape index (κ1) is 20.9. The fraction of sp³-hybridized carbons (Fsp3) is 0.722. The molecule has 146 valence electrons. The Kier molecular flexibility index (Phi) is 8.61. The van der Waals surface area contributed by atoms with E-state index in [1.165, 1.54) is 22.4 Å². The van der Waals surface area contributed by atoms with E-state index in [9.17, 15) is 9.59 Å². The van der Waals surface area contributed by atoms with Crippen molar-refractivity contribution < 1.29 is 9.53 Å². The summed E-state index contributed by atoms with van der Waals surface area (Å²) >= 11 is 1.38. The number of hydrogen-bond acceptors (Lipinski definition) is 6. The molecule has 0 aromatic carbocycles. The molecule has 1 aliphatic rings. The van der Waals surface area contributed by atoms with Gasteiger partial charge in [0.15, 0.2) is 5.16 Å². The van der Waals surface area contributed by atoms with Crippen molar-refractivity contribution in [2.24, 2.45) is 7.05 Å². The van der Waals surface area contributed by atoms with E-state index in [4.69, 9.17) is 4.74 Å². The van der Waals surface area contributed by atoms with Gasteiger partial charge in [-0.2, -0.15) is 0 Å². The Balaban J connectivity index is 1.85. The molecule has 0 saturated carbocycles. The summed E-state index contributed by atoms with van der Waals surface area (Å²) in [6.45, 7) is 9.02. The second kappa shape index (κ2) is 10.7. The maximum absolute atomic E-state index is 12.6. The van der Waals surface area contributed by atoms with Gasteiger partial charge in [0, 0.05) is 38.4 Å². The van der Waals surface area contributed by atoms with E-state index in [2.05, 4.69) is 22.1 Å². The highest BCUT2D eigenvalue weighted by atomic mass is 32.2. The van der Waals surface area contributed by atoms with Crippen LogP contribution in [-0.4, -0.2) is 65.0 Å². The molecule has 0 radical (unpaired) electrons. The predicted molar refractivity (Wildman–Crippen MR) is 104 cm³/mol. The van der Waals surface area contributed by atoms with Crippen LogP contribution in [0.4, 0.5) is 0 Å². The lowest BCUT2D eigenvalue weighted by Crippen LogP contribution is -2.39. The van der Waals surface area contributed by atoms with E-state index in [-0.39, 0.29) is 16.7 Å². The van der Waals surface area contributed by atoms with Crippen molar-refractivity contribution in [2.75, 3.05) is 39.4 Å². The van der Waals surface area contributed by atoms with E-state index in [1.807, 2.05) is 0 Å². The molecule has 0 aliphatic carbocycles. The first-order valence-corrected chi connectivity index (χ1v) is 10.2. The van der Waals surface area contributed by atoms with Gasteiger partial charge in [0.1, 0.15) is 0 Å². The van der Waals surface area contributed by atoms with Gasteiger partial charge in [0.2, 0.25) is 5.91 Å². The first-order chi connectivity index (χ1) is 12.5. The number of aryl methyl sites for hydroxylation is 1. The highest BCUT2D eigenvalue weighted by Crippen LogP contribution is 2.24. The van der Waals surface area contributed by atoms with Crippen molar-refractivity contribution in [1.82, 2.24) is 19.8 Å². The van der Waals surface area contributed by atoms with E-state index < -0.39 is 0 Å². The van der Waals surface area contributed by atoms with Crippen LogP contribution in [-0.2, 0) is 16.6 Å². The molecule has 0 bridgehead atoms. The van der Waals surface area contributed by atoms with Crippen molar-refractivity contribution in [1.29, 1.82) is 0 Å². The number of ether oxygens (including phenoxy) is 1. The number of amides is 1. The standard InChI is InChI=1S/C18H30N4O3S/c1-4-6-15(26-18-20-14(2)13-16(23)21(18)3)17(24)19-7-5-8-22-9-11-25-12-10-22/h13,15H,4-12H2,1-3H3,(H,19,24). The van der Waals surface area contributed by atoms with Gasteiger partial charge < -0.3 is 10.1 Å². The first-order valence-electron chi connectivity index (χ1n) is 9.30. The Bertz CT molecular complexity index is 644. The van der Waals surface area contributed by atoms with Crippen molar-refractivity contribution in [3.05, 3.63) is 22.1 Å². The Morgan fingerprint density at radius 2 is 2.15 bits per heavy atom. The van der Waals surface area contributed by atoms with E-state index in [0.29, 0.717) is 17.4 Å². The van der Waals surface area contributed by atoms with Crippen LogP contribution in [0, 0.1) is 6.92 Å². The zero-order valence-corrected chi connectivity index (χ0v) is 16.8. The van der Waals surface area contributed by atoms with E-state index >= 15 is 0 Å². The summed E-state index contributed by atoms with van der Waals surface area (Å²) in [7, 11) is 1.69. The van der Waals surface area contributed by atoms with Crippen LogP contribution in [0.25, 0.3) is 0 Å². The van der Waals surface area contributed by atoms with Gasteiger partial charge in [-0.05, 0) is 26.3 Å². The zero-order chi connectivity index (χ0) is 18.9. The minimum absolute atomic E-state index is 0.0228. The molecule has 1 amide bonds. The fourth-order valence-electron chi connectivity index (χ4n) is 2.82. The number of carbonyl (C=O) groups is 1.